The van der Waals surface area contributed by atoms with Gasteiger partial charge >= 0.3 is 198 Å². The summed E-state index contributed by atoms with van der Waals surface area (Å²) >= 11 is -3.38. The van der Waals surface area contributed by atoms with Gasteiger partial charge < -0.3 is 0 Å². The number of hydrogen-bond acceptors (Lipinski definition) is 3. The maximum atomic E-state index is 13.1. The third kappa shape index (κ3) is 7.45. The quantitative estimate of drug-likeness (QED) is 0.154. The molecule has 0 saturated heterocycles. The molecule has 0 bridgehead atoms. The molecule has 0 spiro atoms. The average Bonchev–Trinajstić information content (AvgIpc) is 2.68. The van der Waals surface area contributed by atoms with E-state index in [1.54, 1.807) is 26.0 Å². The molecule has 0 fully saturated rings. The summed E-state index contributed by atoms with van der Waals surface area (Å²) in [5.41, 5.74) is -1.89. The minimum atomic E-state index is -5.70. The second-order valence-electron chi connectivity index (χ2n) is 8.07. The normalized spacial score (nSPS) is 12.8. The first-order valence-corrected chi connectivity index (χ1v) is 15.3. The van der Waals surface area contributed by atoms with Gasteiger partial charge in [0.15, 0.2) is 0 Å². The van der Waals surface area contributed by atoms with Gasteiger partial charge in [-0.25, -0.2) is 0 Å². The Balaban J connectivity index is 2.29. The summed E-state index contributed by atoms with van der Waals surface area (Å²) in [7, 11) is -5.70. The van der Waals surface area contributed by atoms with Crippen molar-refractivity contribution in [2.75, 3.05) is 0 Å². The molecule has 0 heterocycles. The van der Waals surface area contributed by atoms with Crippen LogP contribution in [0.25, 0.3) is 0 Å². The average molecular weight is 584 g/mol. The van der Waals surface area contributed by atoms with Gasteiger partial charge in [-0.1, -0.05) is 0 Å². The summed E-state index contributed by atoms with van der Waals surface area (Å²) < 4.78 is 69.2. The molecular formula is C24H32F3IO3S. The molecule has 0 saturated carbocycles. The zero-order chi connectivity index (χ0) is 23.9. The molecule has 2 rings (SSSR count). The molecule has 3 nitrogen and oxygen atoms in total. The number of unbranched alkanes of at least 4 members (excludes halogenated alkanes) is 5. The first-order valence-electron chi connectivity index (χ1n) is 10.8. The van der Waals surface area contributed by atoms with Crippen LogP contribution in [0.1, 0.15) is 67.7 Å². The molecule has 0 aliphatic rings. The molecule has 0 N–H and O–H groups in total. The predicted molar refractivity (Wildman–Crippen MR) is 132 cm³/mol. The van der Waals surface area contributed by atoms with Gasteiger partial charge in [0.2, 0.25) is 0 Å². The number of hydrogen-bond donors (Lipinski definition) is 0. The van der Waals surface area contributed by atoms with Crippen LogP contribution in [0.15, 0.2) is 36.4 Å². The Morgan fingerprint density at radius 3 is 1.94 bits per heavy atom. The SMILES string of the molecule is CCCCCCCCc1ccc(I(OS(=O)(=O)C(F)(F)F)c2c(C)cc(C)cc2C)cc1. The molecule has 0 radical (unpaired) electrons. The van der Waals surface area contributed by atoms with Gasteiger partial charge in [0.05, 0.1) is 0 Å². The summed E-state index contributed by atoms with van der Waals surface area (Å²) in [4.78, 5) is 0. The van der Waals surface area contributed by atoms with E-state index in [1.165, 1.54) is 25.7 Å². The summed E-state index contributed by atoms with van der Waals surface area (Å²) in [6.45, 7) is 7.65. The molecular weight excluding hydrogens is 552 g/mol. The van der Waals surface area contributed by atoms with Gasteiger partial charge in [-0.15, -0.1) is 0 Å². The van der Waals surface area contributed by atoms with Gasteiger partial charge in [0, 0.05) is 0 Å². The van der Waals surface area contributed by atoms with Crippen molar-refractivity contribution >= 4 is 30.4 Å². The Hall–Kier alpha value is -1.13. The topological polar surface area (TPSA) is 43.4 Å². The third-order valence-electron chi connectivity index (χ3n) is 5.11. The summed E-state index contributed by atoms with van der Waals surface area (Å²) in [5.74, 6) is 0. The van der Waals surface area contributed by atoms with Crippen molar-refractivity contribution in [3.63, 3.8) is 0 Å². The van der Waals surface area contributed by atoms with Crippen LogP contribution in [0.3, 0.4) is 0 Å². The van der Waals surface area contributed by atoms with E-state index in [1.807, 2.05) is 31.2 Å². The van der Waals surface area contributed by atoms with Crippen molar-refractivity contribution in [1.29, 1.82) is 0 Å². The summed E-state index contributed by atoms with van der Waals surface area (Å²) in [5, 5.41) is 0. The molecule has 32 heavy (non-hydrogen) atoms. The van der Waals surface area contributed by atoms with Gasteiger partial charge in [-0.2, -0.15) is 0 Å². The fourth-order valence-electron chi connectivity index (χ4n) is 3.60. The van der Waals surface area contributed by atoms with Crippen LogP contribution in [0.5, 0.6) is 0 Å². The van der Waals surface area contributed by atoms with Crippen LogP contribution < -0.4 is 0 Å². The molecule has 0 amide bonds. The molecule has 0 aliphatic carbocycles. The molecule has 2 aromatic carbocycles. The van der Waals surface area contributed by atoms with Crippen LogP contribution in [0, 0.1) is 27.9 Å². The Morgan fingerprint density at radius 2 is 1.41 bits per heavy atom. The van der Waals surface area contributed by atoms with Crippen molar-refractivity contribution in [2.45, 2.75) is 78.1 Å². The Bertz CT molecular complexity index is 964. The number of benzene rings is 2. The van der Waals surface area contributed by atoms with Crippen molar-refractivity contribution < 1.29 is 24.1 Å². The number of aryl methyl sites for hydroxylation is 4. The van der Waals surface area contributed by atoms with Crippen LogP contribution in [0.4, 0.5) is 13.2 Å². The maximum absolute atomic E-state index is 13.1. The fraction of sp³-hybridized carbons (Fsp3) is 0.500. The van der Waals surface area contributed by atoms with E-state index in [-0.39, 0.29) is 0 Å². The monoisotopic (exact) mass is 584 g/mol. The second kappa shape index (κ2) is 11.8. The van der Waals surface area contributed by atoms with Gasteiger partial charge in [-0.05, 0) is 0 Å². The van der Waals surface area contributed by atoms with E-state index in [9.17, 15) is 21.6 Å². The summed E-state index contributed by atoms with van der Waals surface area (Å²) in [6, 6.07) is 10.9. The second-order valence-corrected chi connectivity index (χ2v) is 14.4. The molecule has 180 valence electrons. The van der Waals surface area contributed by atoms with Gasteiger partial charge in [0.25, 0.3) is 0 Å². The van der Waals surface area contributed by atoms with Crippen LogP contribution in [-0.2, 0) is 19.1 Å². The van der Waals surface area contributed by atoms with E-state index in [2.05, 4.69) is 6.92 Å². The van der Waals surface area contributed by atoms with E-state index in [4.69, 9.17) is 2.51 Å². The van der Waals surface area contributed by atoms with E-state index >= 15 is 0 Å². The van der Waals surface area contributed by atoms with Gasteiger partial charge in [0.1, 0.15) is 0 Å². The van der Waals surface area contributed by atoms with Gasteiger partial charge in [-0.3, -0.25) is 0 Å². The Labute approximate surface area is 197 Å². The molecule has 0 unspecified atom stereocenters. The third-order valence-corrected chi connectivity index (χ3v) is 13.0. The number of halogens is 4. The Morgan fingerprint density at radius 1 is 0.875 bits per heavy atom. The standard InChI is InChI=1S/C24H32F3IO3S/c1-5-6-7-8-9-10-11-21-12-14-22(15-13-21)28(31-32(29,30)24(25,26)27)23-19(3)16-18(2)17-20(23)4/h12-17H,5-11H2,1-4H3. The van der Waals surface area contributed by atoms with Crippen LogP contribution in [0.2, 0.25) is 0 Å². The summed E-state index contributed by atoms with van der Waals surface area (Å²) in [6.07, 6.45) is 8.00. The fourth-order valence-corrected chi connectivity index (χ4v) is 10.7. The van der Waals surface area contributed by atoms with Crippen LogP contribution >= 0.6 is 20.2 Å². The molecule has 8 heteroatoms. The molecule has 2 aromatic rings. The Kier molecular flexibility index (Phi) is 10.0. The first-order chi connectivity index (χ1) is 15.0. The zero-order valence-electron chi connectivity index (χ0n) is 19.1. The van der Waals surface area contributed by atoms with Crippen molar-refractivity contribution in [1.82, 2.24) is 0 Å². The van der Waals surface area contributed by atoms with E-state index in [0.717, 1.165) is 41.5 Å². The zero-order valence-corrected chi connectivity index (χ0v) is 22.0. The first kappa shape index (κ1) is 27.1. The predicted octanol–water partition coefficient (Wildman–Crippen LogP) is 7.84. The number of rotatable bonds is 11. The van der Waals surface area contributed by atoms with E-state index in [0.29, 0.717) is 7.14 Å². The van der Waals surface area contributed by atoms with Crippen molar-refractivity contribution in [3.8, 4) is 0 Å². The minimum absolute atomic E-state index is 0.531. The molecule has 0 aliphatic heterocycles. The number of alkyl halides is 3. The van der Waals surface area contributed by atoms with Crippen molar-refractivity contribution in [3.05, 3.63) is 65.8 Å². The van der Waals surface area contributed by atoms with E-state index < -0.39 is 35.9 Å². The van der Waals surface area contributed by atoms with Crippen LogP contribution in [-0.4, -0.2) is 13.9 Å². The van der Waals surface area contributed by atoms with Crippen molar-refractivity contribution in [2.24, 2.45) is 0 Å². The molecule has 0 atom stereocenters. The molecule has 0 aromatic heterocycles.